The summed E-state index contributed by atoms with van der Waals surface area (Å²) in [6.07, 6.45) is 2.39. The fraction of sp³-hybridized carbons (Fsp3) is 0.421. The third kappa shape index (κ3) is 6.07. The Kier molecular flexibility index (Phi) is 7.95. The summed E-state index contributed by atoms with van der Waals surface area (Å²) in [5.74, 6) is 1.38. The lowest BCUT2D eigenvalue weighted by molar-refractivity contribution is 0.208. The minimum Gasteiger partial charge on any atom is -0.494 e. The van der Waals surface area contributed by atoms with Gasteiger partial charge in [-0.05, 0) is 36.8 Å². The average Bonchev–Trinajstić information content (AvgIpc) is 3.15. The van der Waals surface area contributed by atoms with Crippen molar-refractivity contribution in [1.29, 1.82) is 0 Å². The van der Waals surface area contributed by atoms with Gasteiger partial charge in [-0.25, -0.2) is 4.39 Å². The van der Waals surface area contributed by atoms with E-state index in [1.54, 1.807) is 19.4 Å². The number of methoxy groups -OCH3 is 2. The lowest BCUT2D eigenvalue weighted by Gasteiger charge is -2.19. The molecule has 2 rings (SSSR count). The molecule has 142 valence electrons. The lowest BCUT2D eigenvalue weighted by atomic mass is 10.1. The molecule has 1 aromatic heterocycles. The van der Waals surface area contributed by atoms with Crippen molar-refractivity contribution in [3.05, 3.63) is 53.7 Å². The number of hydrogen-bond acceptors (Lipinski definition) is 4. The third-order valence-electron chi connectivity index (χ3n) is 3.84. The maximum atomic E-state index is 13.9. The summed E-state index contributed by atoms with van der Waals surface area (Å²) < 4.78 is 29.3. The number of ether oxygens (including phenoxy) is 2. The summed E-state index contributed by atoms with van der Waals surface area (Å²) in [5.41, 5.74) is 0.801. The Morgan fingerprint density at radius 3 is 2.81 bits per heavy atom. The Morgan fingerprint density at radius 2 is 2.15 bits per heavy atom. The summed E-state index contributed by atoms with van der Waals surface area (Å²) in [7, 11) is 3.08. The topological polar surface area (TPSA) is 68.0 Å². The second-order valence-corrected chi connectivity index (χ2v) is 5.74. The number of nitrogens with zero attached hydrogens (tertiary/aromatic N) is 1. The summed E-state index contributed by atoms with van der Waals surface area (Å²) >= 11 is 0. The maximum absolute atomic E-state index is 13.9. The van der Waals surface area contributed by atoms with E-state index in [1.165, 1.54) is 13.2 Å². The standard InChI is InChI=1S/C19H26FN3O3/c1-14(15-6-7-18(25-3)17(20)13-15)23-19(22-10-12-24-2)21-9-8-16-5-4-11-26-16/h4-7,11,13-14H,8-10,12H2,1-3H3,(H2,21,22,23). The zero-order valence-electron chi connectivity index (χ0n) is 15.4. The number of hydrogen-bond donors (Lipinski definition) is 2. The molecule has 26 heavy (non-hydrogen) atoms. The van der Waals surface area contributed by atoms with Crippen molar-refractivity contribution in [3.63, 3.8) is 0 Å². The molecule has 7 heteroatoms. The Hall–Kier alpha value is -2.54. The highest BCUT2D eigenvalue weighted by Crippen LogP contribution is 2.21. The molecule has 0 fully saturated rings. The molecule has 1 unspecified atom stereocenters. The molecule has 0 aliphatic heterocycles. The first-order valence-electron chi connectivity index (χ1n) is 8.53. The zero-order chi connectivity index (χ0) is 18.8. The molecule has 0 radical (unpaired) electrons. The molecule has 0 aliphatic carbocycles. The Morgan fingerprint density at radius 1 is 1.31 bits per heavy atom. The minimum absolute atomic E-state index is 0.132. The first-order valence-corrected chi connectivity index (χ1v) is 8.53. The predicted molar refractivity (Wildman–Crippen MR) is 99.1 cm³/mol. The van der Waals surface area contributed by atoms with Gasteiger partial charge >= 0.3 is 0 Å². The predicted octanol–water partition coefficient (Wildman–Crippen LogP) is 2.91. The van der Waals surface area contributed by atoms with Gasteiger partial charge < -0.3 is 24.5 Å². The molecule has 0 saturated carbocycles. The van der Waals surface area contributed by atoms with Crippen molar-refractivity contribution in [2.45, 2.75) is 19.4 Å². The smallest absolute Gasteiger partial charge is 0.191 e. The second kappa shape index (κ2) is 10.5. The van der Waals surface area contributed by atoms with Gasteiger partial charge in [0.1, 0.15) is 5.76 Å². The largest absolute Gasteiger partial charge is 0.494 e. The van der Waals surface area contributed by atoms with Crippen LogP contribution in [0.2, 0.25) is 0 Å². The first kappa shape index (κ1) is 19.8. The van der Waals surface area contributed by atoms with Crippen LogP contribution in [0.3, 0.4) is 0 Å². The molecular weight excluding hydrogens is 337 g/mol. The Bertz CT molecular complexity index is 689. The highest BCUT2D eigenvalue weighted by Gasteiger charge is 2.11. The average molecular weight is 363 g/mol. The van der Waals surface area contributed by atoms with Crippen LogP contribution in [0, 0.1) is 5.82 Å². The van der Waals surface area contributed by atoms with E-state index < -0.39 is 0 Å². The highest BCUT2D eigenvalue weighted by atomic mass is 19.1. The molecule has 2 N–H and O–H groups in total. The van der Waals surface area contributed by atoms with Gasteiger partial charge in [0.25, 0.3) is 0 Å². The van der Waals surface area contributed by atoms with Gasteiger partial charge in [0.05, 0.1) is 32.6 Å². The molecule has 1 atom stereocenters. The molecule has 2 aromatic rings. The summed E-state index contributed by atoms with van der Waals surface area (Å²) in [4.78, 5) is 4.47. The molecule has 0 bridgehead atoms. The van der Waals surface area contributed by atoms with E-state index in [2.05, 4.69) is 15.6 Å². The van der Waals surface area contributed by atoms with Gasteiger partial charge in [-0.3, -0.25) is 4.99 Å². The Labute approximate surface area is 153 Å². The number of guanidine groups is 1. The van der Waals surface area contributed by atoms with Gasteiger partial charge in [-0.2, -0.15) is 0 Å². The fourth-order valence-corrected chi connectivity index (χ4v) is 2.40. The van der Waals surface area contributed by atoms with Crippen LogP contribution in [0.5, 0.6) is 5.75 Å². The number of aliphatic imine (C=N–C) groups is 1. The Balaban J connectivity index is 1.97. The monoisotopic (exact) mass is 363 g/mol. The number of halogens is 1. The van der Waals surface area contributed by atoms with Crippen molar-refractivity contribution in [2.75, 3.05) is 33.9 Å². The van der Waals surface area contributed by atoms with E-state index in [9.17, 15) is 4.39 Å². The molecular formula is C19H26FN3O3. The lowest BCUT2D eigenvalue weighted by Crippen LogP contribution is -2.40. The third-order valence-corrected chi connectivity index (χ3v) is 3.84. The summed E-state index contributed by atoms with van der Waals surface area (Å²) in [6, 6.07) is 8.57. The molecule has 0 saturated heterocycles. The van der Waals surface area contributed by atoms with E-state index >= 15 is 0 Å². The van der Waals surface area contributed by atoms with E-state index in [1.807, 2.05) is 25.1 Å². The van der Waals surface area contributed by atoms with Crippen LogP contribution in [-0.4, -0.2) is 39.9 Å². The van der Waals surface area contributed by atoms with Crippen molar-refractivity contribution in [3.8, 4) is 5.75 Å². The van der Waals surface area contributed by atoms with Gasteiger partial charge in [-0.15, -0.1) is 0 Å². The first-order chi connectivity index (χ1) is 12.6. The van der Waals surface area contributed by atoms with Crippen molar-refractivity contribution in [2.24, 2.45) is 4.99 Å². The van der Waals surface area contributed by atoms with Gasteiger partial charge in [-0.1, -0.05) is 6.07 Å². The van der Waals surface area contributed by atoms with Crippen molar-refractivity contribution < 1.29 is 18.3 Å². The molecule has 0 amide bonds. The van der Waals surface area contributed by atoms with Crippen LogP contribution < -0.4 is 15.4 Å². The number of furan rings is 1. The zero-order valence-corrected chi connectivity index (χ0v) is 15.4. The normalized spacial score (nSPS) is 12.7. The van der Waals surface area contributed by atoms with Crippen LogP contribution >= 0.6 is 0 Å². The highest BCUT2D eigenvalue weighted by molar-refractivity contribution is 5.80. The van der Waals surface area contributed by atoms with Crippen molar-refractivity contribution in [1.82, 2.24) is 10.6 Å². The molecule has 0 aliphatic rings. The SMILES string of the molecule is COCCN=C(NCCc1ccco1)NC(C)c1ccc(OC)c(F)c1. The summed E-state index contributed by atoms with van der Waals surface area (Å²) in [5, 5.41) is 6.54. The van der Waals surface area contributed by atoms with Gasteiger partial charge in [0, 0.05) is 20.1 Å². The van der Waals surface area contributed by atoms with Crippen LogP contribution in [0.25, 0.3) is 0 Å². The minimum atomic E-state index is -0.387. The number of rotatable bonds is 9. The van der Waals surface area contributed by atoms with E-state index in [-0.39, 0.29) is 17.6 Å². The maximum Gasteiger partial charge on any atom is 0.191 e. The van der Waals surface area contributed by atoms with Gasteiger partial charge in [0.2, 0.25) is 0 Å². The van der Waals surface area contributed by atoms with E-state index in [0.29, 0.717) is 25.7 Å². The van der Waals surface area contributed by atoms with Crippen molar-refractivity contribution >= 4 is 5.96 Å². The molecule has 6 nitrogen and oxygen atoms in total. The van der Waals surface area contributed by atoms with Gasteiger partial charge in [0.15, 0.2) is 17.5 Å². The van der Waals surface area contributed by atoms with E-state index in [0.717, 1.165) is 17.7 Å². The number of benzene rings is 1. The van der Waals surface area contributed by atoms with Crippen LogP contribution in [0.4, 0.5) is 4.39 Å². The fourth-order valence-electron chi connectivity index (χ4n) is 2.40. The molecule has 0 spiro atoms. The second-order valence-electron chi connectivity index (χ2n) is 5.74. The molecule has 1 heterocycles. The van der Waals surface area contributed by atoms with E-state index in [4.69, 9.17) is 13.9 Å². The quantitative estimate of drug-likeness (QED) is 0.407. The van der Waals surface area contributed by atoms with Crippen LogP contribution in [-0.2, 0) is 11.2 Å². The van der Waals surface area contributed by atoms with Crippen LogP contribution in [0.1, 0.15) is 24.3 Å². The summed E-state index contributed by atoms with van der Waals surface area (Å²) in [6.45, 7) is 3.66. The molecule has 1 aromatic carbocycles. The number of nitrogens with one attached hydrogen (secondary N) is 2. The van der Waals surface area contributed by atoms with Crippen LogP contribution in [0.15, 0.2) is 46.0 Å².